The van der Waals surface area contributed by atoms with Gasteiger partial charge in [-0.1, -0.05) is 19.8 Å². The molecule has 0 unspecified atom stereocenters. The van der Waals surface area contributed by atoms with Gasteiger partial charge in [0.2, 0.25) is 0 Å². The van der Waals surface area contributed by atoms with Crippen LogP contribution < -0.4 is 5.32 Å². The molecule has 0 atom stereocenters. The van der Waals surface area contributed by atoms with Gasteiger partial charge in [0.1, 0.15) is 0 Å². The minimum atomic E-state index is 0.826. The van der Waals surface area contributed by atoms with E-state index in [1.165, 1.54) is 31.4 Å². The summed E-state index contributed by atoms with van der Waals surface area (Å²) in [4.78, 5) is 2.52. The first-order chi connectivity index (χ1) is 9.31. The molecule has 0 bridgehead atoms. The first kappa shape index (κ1) is 14.5. The highest BCUT2D eigenvalue weighted by Gasteiger charge is 2.18. The van der Waals surface area contributed by atoms with Gasteiger partial charge in [0.15, 0.2) is 0 Å². The van der Waals surface area contributed by atoms with Gasteiger partial charge < -0.3 is 10.2 Å². The lowest BCUT2D eigenvalue weighted by Gasteiger charge is -2.24. The summed E-state index contributed by atoms with van der Waals surface area (Å²) in [6.07, 6.45) is 8.65. The zero-order valence-corrected chi connectivity index (χ0v) is 12.4. The van der Waals surface area contributed by atoms with E-state index in [0.717, 1.165) is 38.6 Å². The summed E-state index contributed by atoms with van der Waals surface area (Å²) < 4.78 is 2.10. The fourth-order valence-electron chi connectivity index (χ4n) is 2.92. The fourth-order valence-corrected chi connectivity index (χ4v) is 2.92. The van der Waals surface area contributed by atoms with Gasteiger partial charge >= 0.3 is 0 Å². The Balaban J connectivity index is 1.64. The lowest BCUT2D eigenvalue weighted by molar-refractivity contribution is 0.245. The molecule has 19 heavy (non-hydrogen) atoms. The second-order valence-electron chi connectivity index (χ2n) is 5.64. The standard InChI is InChI=1S/C15H28N4/c1-3-11-19-15(8-9-17-19)13-16-10-12-18(2)14-6-4-5-7-14/h8-9,14,16H,3-7,10-13H2,1-2H3. The average Bonchev–Trinajstić information content (AvgIpc) is 3.06. The largest absolute Gasteiger partial charge is 0.310 e. The Bertz CT molecular complexity index is 355. The molecule has 2 rings (SSSR count). The Morgan fingerprint density at radius 1 is 1.42 bits per heavy atom. The third-order valence-corrected chi connectivity index (χ3v) is 4.14. The Hall–Kier alpha value is -0.870. The van der Waals surface area contributed by atoms with Gasteiger partial charge in [-0.15, -0.1) is 0 Å². The molecule has 1 N–H and O–H groups in total. The summed E-state index contributed by atoms with van der Waals surface area (Å²) in [6.45, 7) is 6.34. The van der Waals surface area contributed by atoms with Crippen molar-refractivity contribution in [1.29, 1.82) is 0 Å². The average molecular weight is 264 g/mol. The Morgan fingerprint density at radius 3 is 2.95 bits per heavy atom. The lowest BCUT2D eigenvalue weighted by atomic mass is 10.2. The predicted octanol–water partition coefficient (Wildman–Crippen LogP) is 2.26. The van der Waals surface area contributed by atoms with Gasteiger partial charge in [-0.25, -0.2) is 0 Å². The molecule has 0 spiro atoms. The number of rotatable bonds is 8. The van der Waals surface area contributed by atoms with Crippen LogP contribution in [-0.2, 0) is 13.1 Å². The third-order valence-electron chi connectivity index (χ3n) is 4.14. The van der Waals surface area contributed by atoms with E-state index in [9.17, 15) is 0 Å². The van der Waals surface area contributed by atoms with E-state index < -0.39 is 0 Å². The highest BCUT2D eigenvalue weighted by Crippen LogP contribution is 2.21. The molecule has 0 aliphatic heterocycles. The minimum absolute atomic E-state index is 0.826. The second kappa shape index (κ2) is 7.65. The van der Waals surface area contributed by atoms with Crippen molar-refractivity contribution in [1.82, 2.24) is 20.0 Å². The van der Waals surface area contributed by atoms with Gasteiger partial charge in [-0.2, -0.15) is 5.10 Å². The molecule has 1 aliphatic rings. The molecule has 108 valence electrons. The number of aromatic nitrogens is 2. The molecule has 1 fully saturated rings. The van der Waals surface area contributed by atoms with Gasteiger partial charge in [0, 0.05) is 38.4 Å². The molecule has 0 aromatic carbocycles. The van der Waals surface area contributed by atoms with Crippen molar-refractivity contribution in [3.05, 3.63) is 18.0 Å². The summed E-state index contributed by atoms with van der Waals surface area (Å²) in [5, 5.41) is 7.89. The Kier molecular flexibility index (Phi) is 5.86. The van der Waals surface area contributed by atoms with E-state index in [4.69, 9.17) is 0 Å². The SMILES string of the molecule is CCCn1nccc1CNCCN(C)C1CCCC1. The molecule has 4 nitrogen and oxygen atoms in total. The normalized spacial score (nSPS) is 16.6. The number of aryl methyl sites for hydroxylation is 1. The zero-order valence-electron chi connectivity index (χ0n) is 12.4. The van der Waals surface area contributed by atoms with Gasteiger partial charge in [-0.3, -0.25) is 4.68 Å². The molecule has 1 aliphatic carbocycles. The summed E-state index contributed by atoms with van der Waals surface area (Å²) >= 11 is 0. The van der Waals surface area contributed by atoms with Crippen LogP contribution in [0.25, 0.3) is 0 Å². The molecule has 1 saturated carbocycles. The van der Waals surface area contributed by atoms with Crippen molar-refractivity contribution in [2.24, 2.45) is 0 Å². The van der Waals surface area contributed by atoms with Crippen LogP contribution in [0.3, 0.4) is 0 Å². The van der Waals surface area contributed by atoms with Gasteiger partial charge in [0.25, 0.3) is 0 Å². The van der Waals surface area contributed by atoms with Gasteiger partial charge in [-0.05, 0) is 32.4 Å². The van der Waals surface area contributed by atoms with Crippen LogP contribution in [0.2, 0.25) is 0 Å². The van der Waals surface area contributed by atoms with Crippen LogP contribution in [0.1, 0.15) is 44.7 Å². The predicted molar refractivity (Wildman–Crippen MR) is 79.1 cm³/mol. The fraction of sp³-hybridized carbons (Fsp3) is 0.800. The van der Waals surface area contributed by atoms with Crippen LogP contribution >= 0.6 is 0 Å². The highest BCUT2D eigenvalue weighted by atomic mass is 15.3. The molecule has 1 heterocycles. The van der Waals surface area contributed by atoms with Crippen LogP contribution in [0, 0.1) is 0 Å². The molecular formula is C15H28N4. The summed E-state index contributed by atoms with van der Waals surface area (Å²) in [5.41, 5.74) is 1.30. The number of hydrogen-bond acceptors (Lipinski definition) is 3. The molecule has 1 aromatic heterocycles. The minimum Gasteiger partial charge on any atom is -0.310 e. The van der Waals surface area contributed by atoms with E-state index in [1.54, 1.807) is 0 Å². The van der Waals surface area contributed by atoms with E-state index in [2.05, 4.69) is 40.0 Å². The maximum absolute atomic E-state index is 4.35. The van der Waals surface area contributed by atoms with Crippen molar-refractivity contribution in [2.75, 3.05) is 20.1 Å². The molecule has 0 radical (unpaired) electrons. The van der Waals surface area contributed by atoms with Gasteiger partial charge in [0.05, 0.1) is 5.69 Å². The molecular weight excluding hydrogens is 236 g/mol. The molecule has 0 amide bonds. The maximum Gasteiger partial charge on any atom is 0.0522 e. The molecule has 1 aromatic rings. The van der Waals surface area contributed by atoms with Crippen molar-refractivity contribution >= 4 is 0 Å². The number of nitrogens with zero attached hydrogens (tertiary/aromatic N) is 3. The summed E-state index contributed by atoms with van der Waals surface area (Å²) in [7, 11) is 2.26. The van der Waals surface area contributed by atoms with E-state index >= 15 is 0 Å². The maximum atomic E-state index is 4.35. The Morgan fingerprint density at radius 2 is 2.21 bits per heavy atom. The van der Waals surface area contributed by atoms with Crippen molar-refractivity contribution in [3.63, 3.8) is 0 Å². The van der Waals surface area contributed by atoms with Crippen molar-refractivity contribution in [3.8, 4) is 0 Å². The zero-order chi connectivity index (χ0) is 13.5. The summed E-state index contributed by atoms with van der Waals surface area (Å²) in [6, 6.07) is 2.94. The Labute approximate surface area is 117 Å². The summed E-state index contributed by atoms with van der Waals surface area (Å²) in [5.74, 6) is 0. The van der Waals surface area contributed by atoms with Crippen molar-refractivity contribution in [2.45, 2.75) is 58.2 Å². The van der Waals surface area contributed by atoms with Crippen LogP contribution in [0.4, 0.5) is 0 Å². The smallest absolute Gasteiger partial charge is 0.0522 e. The van der Waals surface area contributed by atoms with Crippen LogP contribution in [-0.4, -0.2) is 40.9 Å². The monoisotopic (exact) mass is 264 g/mol. The topological polar surface area (TPSA) is 33.1 Å². The van der Waals surface area contributed by atoms with Crippen LogP contribution in [0.5, 0.6) is 0 Å². The molecule has 4 heteroatoms. The van der Waals surface area contributed by atoms with Crippen molar-refractivity contribution < 1.29 is 0 Å². The lowest BCUT2D eigenvalue weighted by Crippen LogP contribution is -2.35. The highest BCUT2D eigenvalue weighted by molar-refractivity contribution is 4.99. The number of nitrogens with one attached hydrogen (secondary N) is 1. The van der Waals surface area contributed by atoms with Crippen LogP contribution in [0.15, 0.2) is 12.3 Å². The number of hydrogen-bond donors (Lipinski definition) is 1. The first-order valence-electron chi connectivity index (χ1n) is 7.73. The number of likely N-dealkylation sites (N-methyl/N-ethyl adjacent to an activating group) is 1. The van der Waals surface area contributed by atoms with E-state index in [-0.39, 0.29) is 0 Å². The van der Waals surface area contributed by atoms with E-state index in [1.807, 2.05) is 6.20 Å². The van der Waals surface area contributed by atoms with E-state index in [0.29, 0.717) is 0 Å². The first-order valence-corrected chi connectivity index (χ1v) is 7.73. The second-order valence-corrected chi connectivity index (χ2v) is 5.64. The quantitative estimate of drug-likeness (QED) is 0.731. The molecule has 0 saturated heterocycles. The third kappa shape index (κ3) is 4.32.